The average Bonchev–Trinajstić information content (AvgIpc) is 2.94. The molecule has 0 aromatic carbocycles. The fraction of sp³-hybridized carbons (Fsp3) is 0.263. The lowest BCUT2D eigenvalue weighted by Crippen LogP contribution is -1.95. The van der Waals surface area contributed by atoms with Crippen molar-refractivity contribution in [1.29, 1.82) is 0 Å². The van der Waals surface area contributed by atoms with Crippen LogP contribution in [0.2, 0.25) is 0 Å². The highest BCUT2D eigenvalue weighted by Gasteiger charge is 2.04. The fourth-order valence-electron chi connectivity index (χ4n) is 1.58. The van der Waals surface area contributed by atoms with Crippen LogP contribution in [0.25, 0.3) is 17.8 Å². The Morgan fingerprint density at radius 1 is 1.05 bits per heavy atom. The van der Waals surface area contributed by atoms with Gasteiger partial charge in [-0.2, -0.15) is 0 Å². The summed E-state index contributed by atoms with van der Waals surface area (Å²) in [6.07, 6.45) is 13.4. The molecule has 20 heavy (non-hydrogen) atoms. The van der Waals surface area contributed by atoms with Gasteiger partial charge in [-0.05, 0) is 36.8 Å². The maximum Gasteiger partial charge on any atom is 0.0522 e. The van der Waals surface area contributed by atoms with E-state index in [4.69, 9.17) is 0 Å². The molecule has 0 aliphatic rings. The van der Waals surface area contributed by atoms with Gasteiger partial charge >= 0.3 is 0 Å². The van der Waals surface area contributed by atoms with Gasteiger partial charge in [-0.15, -0.1) is 0 Å². The van der Waals surface area contributed by atoms with Crippen molar-refractivity contribution in [1.82, 2.24) is 4.57 Å². The molecule has 1 rings (SSSR count). The van der Waals surface area contributed by atoms with Crippen LogP contribution < -0.4 is 0 Å². The number of hydrogen-bond acceptors (Lipinski definition) is 0. The van der Waals surface area contributed by atoms with E-state index in [9.17, 15) is 0 Å². The van der Waals surface area contributed by atoms with Crippen LogP contribution >= 0.6 is 0 Å². The van der Waals surface area contributed by atoms with Gasteiger partial charge in [0.25, 0.3) is 0 Å². The molecular weight excluding hydrogens is 242 g/mol. The first-order chi connectivity index (χ1) is 9.78. The van der Waals surface area contributed by atoms with Gasteiger partial charge in [0.05, 0.1) is 5.69 Å². The summed E-state index contributed by atoms with van der Waals surface area (Å²) in [5, 5.41) is 0. The maximum atomic E-state index is 3.83. The number of rotatable bonds is 5. The van der Waals surface area contributed by atoms with Gasteiger partial charge in [0.1, 0.15) is 0 Å². The van der Waals surface area contributed by atoms with Crippen molar-refractivity contribution in [3.8, 4) is 0 Å². The van der Waals surface area contributed by atoms with Gasteiger partial charge in [0.15, 0.2) is 0 Å². The molecule has 0 bridgehead atoms. The molecule has 1 heteroatoms. The van der Waals surface area contributed by atoms with Crippen molar-refractivity contribution in [2.45, 2.75) is 34.6 Å². The van der Waals surface area contributed by atoms with E-state index in [1.54, 1.807) is 6.08 Å². The van der Waals surface area contributed by atoms with Crippen molar-refractivity contribution < 1.29 is 0 Å². The Balaban J connectivity index is 0. The molecule has 0 saturated heterocycles. The Morgan fingerprint density at radius 2 is 1.65 bits per heavy atom. The van der Waals surface area contributed by atoms with Crippen LogP contribution in [-0.4, -0.2) is 4.57 Å². The molecule has 1 heterocycles. The average molecular weight is 271 g/mol. The normalized spacial score (nSPS) is 9.95. The first kappa shape index (κ1) is 20.3. The monoisotopic (exact) mass is 271 g/mol. The summed E-state index contributed by atoms with van der Waals surface area (Å²) in [5.74, 6) is 0. The van der Waals surface area contributed by atoms with E-state index in [1.165, 1.54) is 0 Å². The van der Waals surface area contributed by atoms with Gasteiger partial charge in [0, 0.05) is 11.9 Å². The Bertz CT molecular complexity index is 456. The molecule has 0 atom stereocenters. The molecule has 0 unspecified atom stereocenters. The smallest absolute Gasteiger partial charge is 0.0522 e. The first-order valence-corrected chi connectivity index (χ1v) is 7.20. The van der Waals surface area contributed by atoms with E-state index >= 15 is 0 Å². The summed E-state index contributed by atoms with van der Waals surface area (Å²) in [4.78, 5) is 0. The largest absolute Gasteiger partial charge is 0.317 e. The lowest BCUT2D eigenvalue weighted by atomic mass is 10.2. The molecule has 0 aliphatic carbocycles. The standard InChI is InChI=1S/C15H17N.2C2H6/c1-5-9-14(10-6-2)16-12-11-13(7-3)15(16)8-4;2*1-2/h5-12H,1,3-4H2,2H3;2*1-2H3/b10-6-,14-9+;;. The van der Waals surface area contributed by atoms with Crippen LogP contribution in [0.15, 0.2) is 56.3 Å². The van der Waals surface area contributed by atoms with E-state index < -0.39 is 0 Å². The highest BCUT2D eigenvalue weighted by atomic mass is 15.0. The lowest BCUT2D eigenvalue weighted by molar-refractivity contribution is 1.11. The van der Waals surface area contributed by atoms with Gasteiger partial charge in [-0.1, -0.05) is 65.7 Å². The second-order valence-electron chi connectivity index (χ2n) is 3.26. The topological polar surface area (TPSA) is 4.93 Å². The SMILES string of the molecule is C=C/C=C(\C=C/C)n1ccc(C=C)c1C=C.CC.CC. The minimum absolute atomic E-state index is 1.04. The second kappa shape index (κ2) is 13.4. The maximum absolute atomic E-state index is 3.83. The zero-order chi connectivity index (χ0) is 16.0. The first-order valence-electron chi connectivity index (χ1n) is 7.20. The zero-order valence-electron chi connectivity index (χ0n) is 13.7. The van der Waals surface area contributed by atoms with Crippen LogP contribution in [0.3, 0.4) is 0 Å². The Kier molecular flexibility index (Phi) is 13.6. The summed E-state index contributed by atoms with van der Waals surface area (Å²) in [6.45, 7) is 21.3. The Hall–Kier alpha value is -2.02. The van der Waals surface area contributed by atoms with E-state index in [2.05, 4.69) is 24.3 Å². The fourth-order valence-corrected chi connectivity index (χ4v) is 1.58. The molecule has 0 N–H and O–H groups in total. The third-order valence-corrected chi connectivity index (χ3v) is 2.28. The minimum Gasteiger partial charge on any atom is -0.317 e. The third-order valence-electron chi connectivity index (χ3n) is 2.28. The summed E-state index contributed by atoms with van der Waals surface area (Å²) < 4.78 is 2.06. The lowest BCUT2D eigenvalue weighted by Gasteiger charge is -2.07. The molecule has 0 spiro atoms. The molecule has 1 nitrogen and oxygen atoms in total. The molecule has 1 aromatic heterocycles. The number of allylic oxidation sites excluding steroid dienone is 5. The summed E-state index contributed by atoms with van der Waals surface area (Å²) in [5.41, 5.74) is 3.18. The highest BCUT2D eigenvalue weighted by Crippen LogP contribution is 2.19. The quantitative estimate of drug-likeness (QED) is 0.544. The summed E-state index contributed by atoms with van der Waals surface area (Å²) >= 11 is 0. The second-order valence-corrected chi connectivity index (χ2v) is 3.26. The zero-order valence-corrected chi connectivity index (χ0v) is 13.7. The molecule has 110 valence electrons. The van der Waals surface area contributed by atoms with Crippen LogP contribution in [0.5, 0.6) is 0 Å². The third kappa shape index (κ3) is 5.75. The van der Waals surface area contributed by atoms with E-state index in [0.29, 0.717) is 0 Å². The summed E-state index contributed by atoms with van der Waals surface area (Å²) in [7, 11) is 0. The van der Waals surface area contributed by atoms with Gasteiger partial charge in [-0.25, -0.2) is 0 Å². The molecule has 0 saturated carbocycles. The molecule has 0 fully saturated rings. The van der Waals surface area contributed by atoms with E-state index in [0.717, 1.165) is 17.0 Å². The van der Waals surface area contributed by atoms with Crippen molar-refractivity contribution in [2.24, 2.45) is 0 Å². The van der Waals surface area contributed by atoms with Gasteiger partial charge in [0.2, 0.25) is 0 Å². The van der Waals surface area contributed by atoms with Crippen molar-refractivity contribution in [3.05, 3.63) is 67.6 Å². The Morgan fingerprint density at radius 3 is 2.05 bits per heavy atom. The highest BCUT2D eigenvalue weighted by molar-refractivity contribution is 5.69. The van der Waals surface area contributed by atoms with Crippen LogP contribution in [0.1, 0.15) is 45.9 Å². The van der Waals surface area contributed by atoms with Crippen molar-refractivity contribution >= 4 is 17.8 Å². The minimum atomic E-state index is 1.04. The number of nitrogens with zero attached hydrogens (tertiary/aromatic N) is 1. The number of hydrogen-bond donors (Lipinski definition) is 0. The van der Waals surface area contributed by atoms with Gasteiger partial charge in [-0.3, -0.25) is 0 Å². The molecule has 0 radical (unpaired) electrons. The van der Waals surface area contributed by atoms with Crippen LogP contribution in [-0.2, 0) is 0 Å². The molecule has 0 aliphatic heterocycles. The Labute approximate surface area is 125 Å². The summed E-state index contributed by atoms with van der Waals surface area (Å²) in [6, 6.07) is 2.02. The van der Waals surface area contributed by atoms with Crippen molar-refractivity contribution in [2.75, 3.05) is 0 Å². The molecular formula is C19H29N. The van der Waals surface area contributed by atoms with Crippen molar-refractivity contribution in [3.63, 3.8) is 0 Å². The predicted molar refractivity (Wildman–Crippen MR) is 96.6 cm³/mol. The predicted octanol–water partition coefficient (Wildman–Crippen LogP) is 6.43. The van der Waals surface area contributed by atoms with E-state index in [1.807, 2.05) is 77.3 Å². The van der Waals surface area contributed by atoms with Crippen LogP contribution in [0.4, 0.5) is 0 Å². The molecule has 0 amide bonds. The van der Waals surface area contributed by atoms with E-state index in [-0.39, 0.29) is 0 Å². The van der Waals surface area contributed by atoms with Crippen LogP contribution in [0, 0.1) is 0 Å². The number of aromatic nitrogens is 1. The van der Waals surface area contributed by atoms with Gasteiger partial charge < -0.3 is 4.57 Å². The molecule has 1 aromatic rings.